The van der Waals surface area contributed by atoms with Gasteiger partial charge in [-0.15, -0.1) is 24.0 Å². The standard InChI is InChI=1S/C13H26N4O.HI/c1-11(2)9-16-12(14)15-5-6-17-7-8-18-10-13(17,3)4;/h1,5-10H2,2-4H3,(H3,14,15,16);1H. The van der Waals surface area contributed by atoms with Gasteiger partial charge < -0.3 is 15.8 Å². The number of morpholine rings is 1. The van der Waals surface area contributed by atoms with Crippen molar-refractivity contribution >= 4 is 29.9 Å². The highest BCUT2D eigenvalue weighted by Crippen LogP contribution is 2.17. The van der Waals surface area contributed by atoms with Gasteiger partial charge in [-0.2, -0.15) is 0 Å². The molecule has 0 aromatic heterocycles. The number of nitrogens with two attached hydrogens (primary N) is 1. The van der Waals surface area contributed by atoms with Gasteiger partial charge in [-0.3, -0.25) is 4.90 Å². The molecule has 1 aliphatic heterocycles. The lowest BCUT2D eigenvalue weighted by Gasteiger charge is -2.42. The molecule has 0 saturated carbocycles. The van der Waals surface area contributed by atoms with Crippen molar-refractivity contribution in [3.8, 4) is 0 Å². The van der Waals surface area contributed by atoms with Crippen molar-refractivity contribution in [2.24, 2.45) is 10.7 Å². The number of aliphatic imine (C=N–C) groups is 1. The summed E-state index contributed by atoms with van der Waals surface area (Å²) < 4.78 is 5.49. The van der Waals surface area contributed by atoms with E-state index >= 15 is 0 Å². The largest absolute Gasteiger partial charge is 0.378 e. The predicted molar refractivity (Wildman–Crippen MR) is 91.2 cm³/mol. The van der Waals surface area contributed by atoms with Gasteiger partial charge in [-0.25, -0.2) is 4.99 Å². The lowest BCUT2D eigenvalue weighted by atomic mass is 10.0. The highest BCUT2D eigenvalue weighted by Gasteiger charge is 2.29. The SMILES string of the molecule is C=C(C)CN=C(N)NCCN1CCOCC1(C)C.I. The van der Waals surface area contributed by atoms with Gasteiger partial charge in [0.1, 0.15) is 0 Å². The van der Waals surface area contributed by atoms with E-state index in [4.69, 9.17) is 10.5 Å². The van der Waals surface area contributed by atoms with Crippen molar-refractivity contribution in [1.82, 2.24) is 10.2 Å². The molecule has 0 unspecified atom stereocenters. The predicted octanol–water partition coefficient (Wildman–Crippen LogP) is 1.20. The third kappa shape index (κ3) is 7.12. The van der Waals surface area contributed by atoms with Crippen LogP contribution >= 0.6 is 24.0 Å². The molecule has 0 radical (unpaired) electrons. The zero-order chi connectivity index (χ0) is 13.6. The third-order valence-corrected chi connectivity index (χ3v) is 3.02. The zero-order valence-corrected chi connectivity index (χ0v) is 14.6. The van der Waals surface area contributed by atoms with E-state index in [1.807, 2.05) is 6.92 Å². The first-order chi connectivity index (χ1) is 8.42. The van der Waals surface area contributed by atoms with E-state index in [2.05, 4.69) is 35.6 Å². The van der Waals surface area contributed by atoms with Gasteiger partial charge in [0, 0.05) is 25.2 Å². The lowest BCUT2D eigenvalue weighted by Crippen LogP contribution is -2.55. The molecule has 1 aliphatic rings. The summed E-state index contributed by atoms with van der Waals surface area (Å²) in [6.45, 7) is 15.0. The van der Waals surface area contributed by atoms with Crippen molar-refractivity contribution in [2.45, 2.75) is 26.3 Å². The Morgan fingerprint density at radius 1 is 1.53 bits per heavy atom. The molecule has 5 nitrogen and oxygen atoms in total. The molecule has 0 atom stereocenters. The molecule has 0 aliphatic carbocycles. The number of guanidine groups is 1. The summed E-state index contributed by atoms with van der Waals surface area (Å²) in [5.41, 5.74) is 6.87. The van der Waals surface area contributed by atoms with Crippen LogP contribution in [0.4, 0.5) is 0 Å². The molecular formula is C13H27IN4O. The van der Waals surface area contributed by atoms with E-state index < -0.39 is 0 Å². The number of rotatable bonds is 5. The Labute approximate surface area is 133 Å². The van der Waals surface area contributed by atoms with E-state index in [0.29, 0.717) is 12.5 Å². The molecule has 0 bridgehead atoms. The Balaban J connectivity index is 0.00000324. The van der Waals surface area contributed by atoms with Gasteiger partial charge in [-0.1, -0.05) is 12.2 Å². The Kier molecular flexibility index (Phi) is 8.60. The minimum atomic E-state index is 0. The maximum absolute atomic E-state index is 5.76. The van der Waals surface area contributed by atoms with Gasteiger partial charge in [0.25, 0.3) is 0 Å². The van der Waals surface area contributed by atoms with Crippen molar-refractivity contribution in [3.63, 3.8) is 0 Å². The quantitative estimate of drug-likeness (QED) is 0.325. The fraction of sp³-hybridized carbons (Fsp3) is 0.769. The number of ether oxygens (including phenoxy) is 1. The molecule has 1 saturated heterocycles. The summed E-state index contributed by atoms with van der Waals surface area (Å²) in [4.78, 5) is 6.60. The molecule has 1 heterocycles. The summed E-state index contributed by atoms with van der Waals surface area (Å²) in [5, 5.41) is 3.13. The third-order valence-electron chi connectivity index (χ3n) is 3.02. The first kappa shape index (κ1) is 18.7. The van der Waals surface area contributed by atoms with E-state index in [9.17, 15) is 0 Å². The summed E-state index contributed by atoms with van der Waals surface area (Å²) in [6.07, 6.45) is 0. The van der Waals surface area contributed by atoms with Crippen LogP contribution in [-0.4, -0.2) is 55.8 Å². The average molecular weight is 382 g/mol. The molecule has 19 heavy (non-hydrogen) atoms. The minimum absolute atomic E-state index is 0. The first-order valence-corrected chi connectivity index (χ1v) is 6.43. The maximum atomic E-state index is 5.76. The fourth-order valence-corrected chi connectivity index (χ4v) is 1.90. The second-order valence-corrected chi connectivity index (χ2v) is 5.44. The second kappa shape index (κ2) is 8.76. The fourth-order valence-electron chi connectivity index (χ4n) is 1.90. The van der Waals surface area contributed by atoms with Crippen LogP contribution in [0, 0.1) is 0 Å². The monoisotopic (exact) mass is 382 g/mol. The Morgan fingerprint density at radius 3 is 2.79 bits per heavy atom. The summed E-state index contributed by atoms with van der Waals surface area (Å²) in [5.74, 6) is 0.490. The molecule has 0 aromatic rings. The van der Waals surface area contributed by atoms with Crippen molar-refractivity contribution in [2.75, 3.05) is 39.4 Å². The van der Waals surface area contributed by atoms with Crippen LogP contribution in [0.5, 0.6) is 0 Å². The Morgan fingerprint density at radius 2 is 2.21 bits per heavy atom. The van der Waals surface area contributed by atoms with Gasteiger partial charge in [0.2, 0.25) is 0 Å². The molecule has 3 N–H and O–H groups in total. The molecule has 1 fully saturated rings. The maximum Gasteiger partial charge on any atom is 0.188 e. The van der Waals surface area contributed by atoms with Crippen molar-refractivity contribution in [1.29, 1.82) is 0 Å². The van der Waals surface area contributed by atoms with Crippen LogP contribution in [0.3, 0.4) is 0 Å². The van der Waals surface area contributed by atoms with E-state index in [-0.39, 0.29) is 29.5 Å². The number of nitrogens with one attached hydrogen (secondary N) is 1. The minimum Gasteiger partial charge on any atom is -0.378 e. The molecule has 0 amide bonds. The van der Waals surface area contributed by atoms with E-state index in [0.717, 1.165) is 38.4 Å². The van der Waals surface area contributed by atoms with Crippen LogP contribution in [0.25, 0.3) is 0 Å². The number of halogens is 1. The van der Waals surface area contributed by atoms with Crippen LogP contribution in [-0.2, 0) is 4.74 Å². The zero-order valence-electron chi connectivity index (χ0n) is 12.2. The van der Waals surface area contributed by atoms with Gasteiger partial charge in [-0.05, 0) is 20.8 Å². The molecule has 0 spiro atoms. The van der Waals surface area contributed by atoms with Gasteiger partial charge in [0.15, 0.2) is 5.96 Å². The van der Waals surface area contributed by atoms with Crippen molar-refractivity contribution in [3.05, 3.63) is 12.2 Å². The van der Waals surface area contributed by atoms with Crippen LogP contribution in [0.2, 0.25) is 0 Å². The van der Waals surface area contributed by atoms with Gasteiger partial charge in [0.05, 0.1) is 19.8 Å². The van der Waals surface area contributed by atoms with Crippen molar-refractivity contribution < 1.29 is 4.74 Å². The topological polar surface area (TPSA) is 62.9 Å². The number of hydrogen-bond acceptors (Lipinski definition) is 3. The lowest BCUT2D eigenvalue weighted by molar-refractivity contribution is -0.0496. The Hall–Kier alpha value is -0.340. The number of hydrogen-bond donors (Lipinski definition) is 2. The molecule has 112 valence electrons. The molecule has 1 rings (SSSR count). The summed E-state index contributed by atoms with van der Waals surface area (Å²) in [7, 11) is 0. The Bertz CT molecular complexity index is 318. The highest BCUT2D eigenvalue weighted by molar-refractivity contribution is 14.0. The smallest absolute Gasteiger partial charge is 0.188 e. The van der Waals surface area contributed by atoms with E-state index in [1.54, 1.807) is 0 Å². The number of nitrogens with zero attached hydrogens (tertiary/aromatic N) is 2. The molecular weight excluding hydrogens is 355 g/mol. The van der Waals surface area contributed by atoms with Crippen LogP contribution in [0.1, 0.15) is 20.8 Å². The normalized spacial score (nSPS) is 19.6. The average Bonchev–Trinajstić information content (AvgIpc) is 2.28. The van der Waals surface area contributed by atoms with Crippen LogP contribution < -0.4 is 11.1 Å². The molecule has 0 aromatic carbocycles. The van der Waals surface area contributed by atoms with Gasteiger partial charge >= 0.3 is 0 Å². The molecule has 6 heteroatoms. The first-order valence-electron chi connectivity index (χ1n) is 6.43. The summed E-state index contributed by atoms with van der Waals surface area (Å²) in [6, 6.07) is 0. The second-order valence-electron chi connectivity index (χ2n) is 5.44. The van der Waals surface area contributed by atoms with E-state index in [1.165, 1.54) is 0 Å². The summed E-state index contributed by atoms with van der Waals surface area (Å²) >= 11 is 0. The van der Waals surface area contributed by atoms with Crippen LogP contribution in [0.15, 0.2) is 17.1 Å². The highest BCUT2D eigenvalue weighted by atomic mass is 127.